The zero-order valence-corrected chi connectivity index (χ0v) is 31.2. The summed E-state index contributed by atoms with van der Waals surface area (Å²) in [4.78, 5) is 23.9. The molecule has 276 valence electrons. The standard InChI is InChI=1S/C43H74O5/c1-3-5-7-9-11-13-15-17-19-20-21-22-24-26-28-30-32-34-36-38-43(46)48-40-41(44)39-47-42(45)37-35-33-31-29-27-25-23-18-16-14-12-10-8-6-4-2/h11,13,17,19,21-22,26,28,32,34,41,44H,3-10,12,14-16,18,20,23-25,27,29-31,33,35-40H2,1-2H3/b13-11-,19-17-,22-21-,28-26-,34-32-/t41-/m1/s1. The second-order valence-electron chi connectivity index (χ2n) is 13.1. The molecule has 0 fully saturated rings. The topological polar surface area (TPSA) is 72.8 Å². The molecule has 0 saturated carbocycles. The first kappa shape index (κ1) is 45.6. The van der Waals surface area contributed by atoms with Gasteiger partial charge in [0.15, 0.2) is 0 Å². The Morgan fingerprint density at radius 3 is 1.21 bits per heavy atom. The number of carbonyl (C=O) groups excluding carboxylic acids is 2. The minimum atomic E-state index is -0.994. The van der Waals surface area contributed by atoms with E-state index in [1.807, 2.05) is 12.2 Å². The van der Waals surface area contributed by atoms with Crippen LogP contribution in [0.2, 0.25) is 0 Å². The molecule has 0 aromatic carbocycles. The number of hydrogen-bond donors (Lipinski definition) is 1. The fraction of sp³-hybridized carbons (Fsp3) is 0.721. The number of aliphatic hydroxyl groups excluding tert-OH is 1. The summed E-state index contributed by atoms with van der Waals surface area (Å²) in [6.07, 6.45) is 50.0. The van der Waals surface area contributed by atoms with Crippen LogP contribution in [0.5, 0.6) is 0 Å². The average Bonchev–Trinajstić information content (AvgIpc) is 3.09. The predicted molar refractivity (Wildman–Crippen MR) is 205 cm³/mol. The molecule has 0 aromatic heterocycles. The molecule has 0 aliphatic heterocycles. The Kier molecular flexibility index (Phi) is 37.1. The molecule has 5 heteroatoms. The van der Waals surface area contributed by atoms with Gasteiger partial charge in [0.05, 0.1) is 0 Å². The Bertz CT molecular complexity index is 853. The predicted octanol–water partition coefficient (Wildman–Crippen LogP) is 12.4. The van der Waals surface area contributed by atoms with Crippen LogP contribution >= 0.6 is 0 Å². The summed E-state index contributed by atoms with van der Waals surface area (Å²) >= 11 is 0. The summed E-state index contributed by atoms with van der Waals surface area (Å²) in [5.74, 6) is -0.657. The van der Waals surface area contributed by atoms with Gasteiger partial charge in [-0.05, 0) is 51.4 Å². The second kappa shape index (κ2) is 39.0. The highest BCUT2D eigenvalue weighted by molar-refractivity contribution is 5.70. The number of ether oxygens (including phenoxy) is 2. The van der Waals surface area contributed by atoms with Gasteiger partial charge in [-0.1, -0.05) is 177 Å². The first-order valence-corrected chi connectivity index (χ1v) is 19.8. The number of allylic oxidation sites excluding steroid dienone is 10. The molecule has 0 aliphatic rings. The fourth-order valence-corrected chi connectivity index (χ4v) is 5.24. The van der Waals surface area contributed by atoms with E-state index in [2.05, 4.69) is 62.5 Å². The molecule has 0 spiro atoms. The van der Waals surface area contributed by atoms with Crippen LogP contribution in [-0.2, 0) is 19.1 Å². The van der Waals surface area contributed by atoms with Crippen molar-refractivity contribution in [2.75, 3.05) is 13.2 Å². The number of esters is 2. The Balaban J connectivity index is 3.57. The van der Waals surface area contributed by atoms with Gasteiger partial charge in [-0.25, -0.2) is 0 Å². The van der Waals surface area contributed by atoms with Crippen LogP contribution in [0.3, 0.4) is 0 Å². The zero-order valence-electron chi connectivity index (χ0n) is 31.2. The molecule has 5 nitrogen and oxygen atoms in total. The first-order chi connectivity index (χ1) is 23.6. The lowest BCUT2D eigenvalue weighted by molar-refractivity contribution is -0.152. The largest absolute Gasteiger partial charge is 0.463 e. The molecular weight excluding hydrogens is 596 g/mol. The molecule has 0 saturated heterocycles. The van der Waals surface area contributed by atoms with Gasteiger partial charge in [0, 0.05) is 12.8 Å². The van der Waals surface area contributed by atoms with Gasteiger partial charge in [0.2, 0.25) is 0 Å². The van der Waals surface area contributed by atoms with E-state index < -0.39 is 6.10 Å². The van der Waals surface area contributed by atoms with Crippen LogP contribution in [0.4, 0.5) is 0 Å². The van der Waals surface area contributed by atoms with E-state index >= 15 is 0 Å². The van der Waals surface area contributed by atoms with E-state index in [-0.39, 0.29) is 31.6 Å². The maximum absolute atomic E-state index is 12.0. The Hall–Kier alpha value is -2.40. The second-order valence-corrected chi connectivity index (χ2v) is 13.1. The maximum Gasteiger partial charge on any atom is 0.306 e. The lowest BCUT2D eigenvalue weighted by atomic mass is 10.0. The van der Waals surface area contributed by atoms with Crippen LogP contribution in [0.1, 0.15) is 181 Å². The molecule has 1 N–H and O–H groups in total. The molecule has 0 unspecified atom stereocenters. The third kappa shape index (κ3) is 38.1. The van der Waals surface area contributed by atoms with E-state index in [1.54, 1.807) is 0 Å². The normalized spacial score (nSPS) is 12.8. The van der Waals surface area contributed by atoms with Crippen LogP contribution in [0.15, 0.2) is 60.8 Å². The molecule has 1 atom stereocenters. The van der Waals surface area contributed by atoms with Crippen LogP contribution in [0, 0.1) is 0 Å². The lowest BCUT2D eigenvalue weighted by Gasteiger charge is -2.12. The van der Waals surface area contributed by atoms with Crippen molar-refractivity contribution in [1.82, 2.24) is 0 Å². The van der Waals surface area contributed by atoms with Crippen molar-refractivity contribution in [3.05, 3.63) is 60.8 Å². The highest BCUT2D eigenvalue weighted by Gasteiger charge is 2.11. The number of aliphatic hydroxyl groups is 1. The minimum absolute atomic E-state index is 0.139. The number of carbonyl (C=O) groups is 2. The number of unbranched alkanes of at least 4 members (excludes halogenated alkanes) is 17. The molecule has 0 bridgehead atoms. The quantitative estimate of drug-likeness (QED) is 0.0413. The Labute approximate surface area is 296 Å². The monoisotopic (exact) mass is 671 g/mol. The third-order valence-electron chi connectivity index (χ3n) is 8.27. The highest BCUT2D eigenvalue weighted by atomic mass is 16.6. The van der Waals surface area contributed by atoms with Crippen molar-refractivity contribution >= 4 is 11.9 Å². The van der Waals surface area contributed by atoms with Gasteiger partial charge in [0.1, 0.15) is 19.3 Å². The average molecular weight is 671 g/mol. The number of hydrogen-bond acceptors (Lipinski definition) is 5. The van der Waals surface area contributed by atoms with Crippen LogP contribution in [-0.4, -0.2) is 36.4 Å². The summed E-state index contributed by atoms with van der Waals surface area (Å²) in [7, 11) is 0. The van der Waals surface area contributed by atoms with Crippen molar-refractivity contribution in [1.29, 1.82) is 0 Å². The molecule has 0 amide bonds. The third-order valence-corrected chi connectivity index (χ3v) is 8.27. The van der Waals surface area contributed by atoms with Crippen molar-refractivity contribution in [3.63, 3.8) is 0 Å². The molecule has 0 aromatic rings. The van der Waals surface area contributed by atoms with Crippen molar-refractivity contribution in [2.24, 2.45) is 0 Å². The van der Waals surface area contributed by atoms with Gasteiger partial charge in [-0.2, -0.15) is 0 Å². The SMILES string of the molecule is CCCCC/C=C\C/C=C\C/C=C\C/C=C\C/C=C\CCC(=O)OC[C@H](O)COC(=O)CCCCCCCCCCCCCCCCC. The maximum atomic E-state index is 12.0. The number of rotatable bonds is 35. The van der Waals surface area contributed by atoms with E-state index in [4.69, 9.17) is 9.47 Å². The summed E-state index contributed by atoms with van der Waals surface area (Å²) in [6, 6.07) is 0. The molecule has 0 heterocycles. The van der Waals surface area contributed by atoms with Gasteiger partial charge < -0.3 is 14.6 Å². The zero-order chi connectivity index (χ0) is 35.0. The summed E-state index contributed by atoms with van der Waals surface area (Å²) < 4.78 is 10.3. The fourth-order valence-electron chi connectivity index (χ4n) is 5.24. The van der Waals surface area contributed by atoms with Gasteiger partial charge in [-0.3, -0.25) is 9.59 Å². The Morgan fingerprint density at radius 1 is 0.438 bits per heavy atom. The van der Waals surface area contributed by atoms with Crippen molar-refractivity contribution < 1.29 is 24.2 Å². The minimum Gasteiger partial charge on any atom is -0.463 e. The van der Waals surface area contributed by atoms with Crippen LogP contribution in [0.25, 0.3) is 0 Å². The Morgan fingerprint density at radius 2 is 0.771 bits per heavy atom. The van der Waals surface area contributed by atoms with Crippen LogP contribution < -0.4 is 0 Å². The molecule has 0 rings (SSSR count). The van der Waals surface area contributed by atoms with Crippen molar-refractivity contribution in [3.8, 4) is 0 Å². The van der Waals surface area contributed by atoms with Gasteiger partial charge >= 0.3 is 11.9 Å². The van der Waals surface area contributed by atoms with E-state index in [0.29, 0.717) is 12.8 Å². The molecule has 48 heavy (non-hydrogen) atoms. The summed E-state index contributed by atoms with van der Waals surface area (Å²) in [5.41, 5.74) is 0. The summed E-state index contributed by atoms with van der Waals surface area (Å²) in [6.45, 7) is 4.21. The van der Waals surface area contributed by atoms with Crippen molar-refractivity contribution in [2.45, 2.75) is 187 Å². The smallest absolute Gasteiger partial charge is 0.306 e. The lowest BCUT2D eigenvalue weighted by Crippen LogP contribution is -2.25. The summed E-state index contributed by atoms with van der Waals surface area (Å²) in [5, 5.41) is 10.00. The van der Waals surface area contributed by atoms with Gasteiger partial charge in [-0.15, -0.1) is 0 Å². The first-order valence-electron chi connectivity index (χ1n) is 19.8. The molecular formula is C43H74O5. The van der Waals surface area contributed by atoms with E-state index in [0.717, 1.165) is 44.9 Å². The van der Waals surface area contributed by atoms with Gasteiger partial charge in [0.25, 0.3) is 0 Å². The molecule has 0 aliphatic carbocycles. The van der Waals surface area contributed by atoms with E-state index in [9.17, 15) is 14.7 Å². The van der Waals surface area contributed by atoms with E-state index in [1.165, 1.54) is 103 Å². The highest BCUT2D eigenvalue weighted by Crippen LogP contribution is 2.14. The molecule has 0 radical (unpaired) electrons.